The van der Waals surface area contributed by atoms with Gasteiger partial charge in [-0.1, -0.05) is 16.9 Å². The topological polar surface area (TPSA) is 99.4 Å². The average Bonchev–Trinajstić information content (AvgIpc) is 3.34. The summed E-state index contributed by atoms with van der Waals surface area (Å²) in [4.78, 5) is 20.0. The molecule has 0 atom stereocenters. The van der Waals surface area contributed by atoms with E-state index >= 15 is 0 Å². The maximum Gasteiger partial charge on any atom is 0.231 e. The highest BCUT2D eigenvalue weighted by atomic mass is 32.2. The van der Waals surface area contributed by atoms with E-state index in [2.05, 4.69) is 20.4 Å². The van der Waals surface area contributed by atoms with Crippen LogP contribution in [0.5, 0.6) is 11.5 Å². The fourth-order valence-corrected chi connectivity index (χ4v) is 2.94. The van der Waals surface area contributed by atoms with Gasteiger partial charge in [0.05, 0.1) is 12.3 Å². The SMILES string of the molecule is O=C(CSc1ncccn1)NCc1cc(-c2ccc3c(c2)OCO3)on1. The number of benzene rings is 1. The van der Waals surface area contributed by atoms with Crippen LogP contribution < -0.4 is 14.8 Å². The molecule has 1 aliphatic rings. The summed E-state index contributed by atoms with van der Waals surface area (Å²) in [6.45, 7) is 0.502. The van der Waals surface area contributed by atoms with Gasteiger partial charge in [0, 0.05) is 24.0 Å². The third kappa shape index (κ3) is 3.77. The van der Waals surface area contributed by atoms with Gasteiger partial charge in [-0.3, -0.25) is 4.79 Å². The number of ether oxygens (including phenoxy) is 2. The summed E-state index contributed by atoms with van der Waals surface area (Å²) in [6.07, 6.45) is 3.28. The molecule has 0 unspecified atom stereocenters. The van der Waals surface area contributed by atoms with E-state index in [1.807, 2.05) is 18.2 Å². The standard InChI is InChI=1S/C17H14N4O4S/c22-16(9-26-17-18-4-1-5-19-17)20-8-12-7-14(25-21-12)11-2-3-13-15(6-11)24-10-23-13/h1-7H,8-10H2,(H,20,22). The van der Waals surface area contributed by atoms with Crippen LogP contribution in [0.25, 0.3) is 11.3 Å². The average molecular weight is 370 g/mol. The van der Waals surface area contributed by atoms with Crippen molar-refractivity contribution in [2.45, 2.75) is 11.7 Å². The van der Waals surface area contributed by atoms with Gasteiger partial charge in [0.1, 0.15) is 5.69 Å². The van der Waals surface area contributed by atoms with Crippen LogP contribution >= 0.6 is 11.8 Å². The molecule has 4 rings (SSSR count). The zero-order valence-corrected chi connectivity index (χ0v) is 14.4. The summed E-state index contributed by atoms with van der Waals surface area (Å²) < 4.78 is 16.0. The minimum absolute atomic E-state index is 0.130. The quantitative estimate of drug-likeness (QED) is 0.521. The highest BCUT2D eigenvalue weighted by Gasteiger charge is 2.16. The first-order valence-electron chi connectivity index (χ1n) is 7.80. The van der Waals surface area contributed by atoms with Crippen LogP contribution in [0, 0.1) is 0 Å². The molecule has 26 heavy (non-hydrogen) atoms. The van der Waals surface area contributed by atoms with E-state index in [1.165, 1.54) is 11.8 Å². The largest absolute Gasteiger partial charge is 0.454 e. The number of hydrogen-bond donors (Lipinski definition) is 1. The Morgan fingerprint density at radius 2 is 2.00 bits per heavy atom. The van der Waals surface area contributed by atoms with Crippen molar-refractivity contribution in [1.82, 2.24) is 20.4 Å². The van der Waals surface area contributed by atoms with E-state index < -0.39 is 0 Å². The summed E-state index contributed by atoms with van der Waals surface area (Å²) in [5, 5.41) is 7.34. The first kappa shape index (κ1) is 16.4. The van der Waals surface area contributed by atoms with Crippen molar-refractivity contribution in [3.8, 4) is 22.8 Å². The van der Waals surface area contributed by atoms with Gasteiger partial charge < -0.3 is 19.3 Å². The lowest BCUT2D eigenvalue weighted by Gasteiger charge is -2.01. The Balaban J connectivity index is 1.31. The molecular formula is C17H14N4O4S. The first-order valence-corrected chi connectivity index (χ1v) is 8.78. The van der Waals surface area contributed by atoms with E-state index in [9.17, 15) is 4.79 Å². The van der Waals surface area contributed by atoms with E-state index in [4.69, 9.17) is 14.0 Å². The summed E-state index contributed by atoms with van der Waals surface area (Å²) in [7, 11) is 0. The van der Waals surface area contributed by atoms with Crippen LogP contribution in [-0.4, -0.2) is 33.6 Å². The Labute approximate surface area is 152 Å². The number of thioether (sulfide) groups is 1. The zero-order chi connectivity index (χ0) is 17.8. The van der Waals surface area contributed by atoms with Gasteiger partial charge in [0.25, 0.3) is 0 Å². The molecule has 3 aromatic rings. The van der Waals surface area contributed by atoms with Gasteiger partial charge in [-0.15, -0.1) is 0 Å². The predicted molar refractivity (Wildman–Crippen MR) is 92.7 cm³/mol. The number of carbonyl (C=O) groups excluding carboxylic acids is 1. The van der Waals surface area contributed by atoms with Gasteiger partial charge in [-0.2, -0.15) is 0 Å². The Morgan fingerprint density at radius 3 is 2.88 bits per heavy atom. The predicted octanol–water partition coefficient (Wildman–Crippen LogP) is 2.27. The van der Waals surface area contributed by atoms with Crippen LogP contribution in [0.1, 0.15) is 5.69 Å². The lowest BCUT2D eigenvalue weighted by molar-refractivity contribution is -0.118. The van der Waals surface area contributed by atoms with Crippen molar-refractivity contribution in [2.75, 3.05) is 12.5 Å². The van der Waals surface area contributed by atoms with Gasteiger partial charge in [-0.25, -0.2) is 9.97 Å². The molecule has 0 fully saturated rings. The molecule has 8 nitrogen and oxygen atoms in total. The van der Waals surface area contributed by atoms with Gasteiger partial charge in [0.2, 0.25) is 12.7 Å². The number of nitrogens with zero attached hydrogens (tertiary/aromatic N) is 3. The van der Waals surface area contributed by atoms with Crippen molar-refractivity contribution in [1.29, 1.82) is 0 Å². The highest BCUT2D eigenvalue weighted by Crippen LogP contribution is 2.35. The Kier molecular flexibility index (Phi) is 4.69. The molecule has 1 N–H and O–H groups in total. The number of aromatic nitrogens is 3. The van der Waals surface area contributed by atoms with Crippen LogP contribution in [0.15, 0.2) is 52.4 Å². The third-order valence-corrected chi connectivity index (χ3v) is 4.43. The minimum Gasteiger partial charge on any atom is -0.454 e. The van der Waals surface area contributed by atoms with Crippen molar-refractivity contribution in [3.05, 3.63) is 48.4 Å². The number of nitrogens with one attached hydrogen (secondary N) is 1. The zero-order valence-electron chi connectivity index (χ0n) is 13.5. The molecule has 0 aliphatic carbocycles. The van der Waals surface area contributed by atoms with Crippen molar-refractivity contribution in [3.63, 3.8) is 0 Å². The Bertz CT molecular complexity index is 916. The van der Waals surface area contributed by atoms with Gasteiger partial charge >= 0.3 is 0 Å². The molecular weight excluding hydrogens is 356 g/mol. The number of fused-ring (bicyclic) bond motifs is 1. The Hall–Kier alpha value is -3.07. The number of carbonyl (C=O) groups is 1. The summed E-state index contributed by atoms with van der Waals surface area (Å²) >= 11 is 1.27. The van der Waals surface area contributed by atoms with Crippen molar-refractivity contribution < 1.29 is 18.8 Å². The molecule has 0 bridgehead atoms. The van der Waals surface area contributed by atoms with Gasteiger partial charge in [0.15, 0.2) is 22.4 Å². The molecule has 0 saturated heterocycles. The normalized spacial score (nSPS) is 12.2. The Morgan fingerprint density at radius 1 is 1.15 bits per heavy atom. The van der Waals surface area contributed by atoms with E-state index in [0.717, 1.165) is 5.56 Å². The number of rotatable bonds is 6. The molecule has 1 aromatic carbocycles. The van der Waals surface area contributed by atoms with Gasteiger partial charge in [-0.05, 0) is 24.3 Å². The third-order valence-electron chi connectivity index (χ3n) is 3.56. The summed E-state index contributed by atoms with van der Waals surface area (Å²) in [5.41, 5.74) is 1.46. The number of hydrogen-bond acceptors (Lipinski definition) is 8. The van der Waals surface area contributed by atoms with Crippen LogP contribution in [-0.2, 0) is 11.3 Å². The monoisotopic (exact) mass is 370 g/mol. The lowest BCUT2D eigenvalue weighted by Crippen LogP contribution is -2.24. The molecule has 2 aromatic heterocycles. The van der Waals surface area contributed by atoms with Crippen molar-refractivity contribution in [2.24, 2.45) is 0 Å². The molecule has 0 saturated carbocycles. The molecule has 0 spiro atoms. The van der Waals surface area contributed by atoms with Crippen molar-refractivity contribution >= 4 is 17.7 Å². The molecule has 3 heterocycles. The molecule has 0 radical (unpaired) electrons. The minimum atomic E-state index is -0.130. The number of amides is 1. The highest BCUT2D eigenvalue weighted by molar-refractivity contribution is 7.99. The summed E-state index contributed by atoms with van der Waals surface area (Å²) in [5.74, 6) is 2.08. The second-order valence-corrected chi connectivity index (χ2v) is 6.29. The smallest absolute Gasteiger partial charge is 0.231 e. The molecule has 1 aliphatic heterocycles. The second-order valence-electron chi connectivity index (χ2n) is 5.35. The lowest BCUT2D eigenvalue weighted by atomic mass is 10.1. The second kappa shape index (κ2) is 7.44. The van der Waals surface area contributed by atoms with E-state index in [0.29, 0.717) is 28.1 Å². The molecule has 9 heteroatoms. The van der Waals surface area contributed by atoms with E-state index in [-0.39, 0.29) is 25.0 Å². The van der Waals surface area contributed by atoms with Crippen LogP contribution in [0.4, 0.5) is 0 Å². The van der Waals surface area contributed by atoms with Crippen LogP contribution in [0.2, 0.25) is 0 Å². The molecule has 1 amide bonds. The first-order chi connectivity index (χ1) is 12.8. The molecule has 132 valence electrons. The maximum atomic E-state index is 11.9. The fourth-order valence-electron chi connectivity index (χ4n) is 2.31. The maximum absolute atomic E-state index is 11.9. The van der Waals surface area contributed by atoms with E-state index in [1.54, 1.807) is 24.5 Å². The van der Waals surface area contributed by atoms with Crippen LogP contribution in [0.3, 0.4) is 0 Å². The fraction of sp³-hybridized carbons (Fsp3) is 0.176. The summed E-state index contributed by atoms with van der Waals surface area (Å²) in [6, 6.07) is 9.04.